The summed E-state index contributed by atoms with van der Waals surface area (Å²) in [6, 6.07) is 11.8. The number of benzene rings is 2. The number of hydrogen-bond acceptors (Lipinski definition) is 6. The van der Waals surface area contributed by atoms with Gasteiger partial charge in [0.05, 0.1) is 6.04 Å². The van der Waals surface area contributed by atoms with Gasteiger partial charge in [0.2, 0.25) is 11.2 Å². The lowest BCUT2D eigenvalue weighted by molar-refractivity contribution is -0.173. The monoisotopic (exact) mass is 543 g/mol. The summed E-state index contributed by atoms with van der Waals surface area (Å²) in [5.41, 5.74) is 2.56. The maximum Gasteiger partial charge on any atom is 0.408 e. The van der Waals surface area contributed by atoms with Crippen molar-refractivity contribution in [2.45, 2.75) is 49.7 Å². The minimum Gasteiger partial charge on any atom is -0.420 e. The number of halogens is 3. The first-order valence-electron chi connectivity index (χ1n) is 11.9. The first-order chi connectivity index (χ1) is 18.0. The second kappa shape index (κ2) is 9.54. The van der Waals surface area contributed by atoms with Crippen molar-refractivity contribution in [3.8, 4) is 5.75 Å². The molecule has 38 heavy (non-hydrogen) atoms. The predicted octanol–water partition coefficient (Wildman–Crippen LogP) is 4.78. The number of pyridine rings is 1. The van der Waals surface area contributed by atoms with Gasteiger partial charge in [0.15, 0.2) is 5.69 Å². The molecule has 2 aromatic carbocycles. The third kappa shape index (κ3) is 4.34. The van der Waals surface area contributed by atoms with E-state index in [9.17, 15) is 27.6 Å². The molecule has 11 heteroatoms. The third-order valence-electron chi connectivity index (χ3n) is 6.88. The van der Waals surface area contributed by atoms with E-state index in [0.29, 0.717) is 10.7 Å². The summed E-state index contributed by atoms with van der Waals surface area (Å²) in [6.45, 7) is 3.51. The predicted molar refractivity (Wildman–Crippen MR) is 136 cm³/mol. The van der Waals surface area contributed by atoms with Gasteiger partial charge in [-0.15, -0.1) is 11.8 Å². The van der Waals surface area contributed by atoms with Crippen LogP contribution in [0.25, 0.3) is 0 Å². The largest absolute Gasteiger partial charge is 0.420 e. The molecule has 2 aliphatic heterocycles. The quantitative estimate of drug-likeness (QED) is 0.443. The van der Waals surface area contributed by atoms with Gasteiger partial charge in [-0.25, -0.2) is 0 Å². The fourth-order valence-corrected chi connectivity index (χ4v) is 6.14. The molecule has 5 rings (SSSR count). The molecule has 2 aliphatic rings. The summed E-state index contributed by atoms with van der Waals surface area (Å²) in [4.78, 5) is 39.7. The number of nitrogens with zero attached hydrogens (tertiary/aromatic N) is 3. The highest BCUT2D eigenvalue weighted by atomic mass is 32.2. The van der Waals surface area contributed by atoms with E-state index < -0.39 is 53.7 Å². The van der Waals surface area contributed by atoms with Crippen molar-refractivity contribution in [1.29, 1.82) is 0 Å². The molecular formula is C27H24F3N3O4S. The highest BCUT2D eigenvalue weighted by Gasteiger charge is 2.48. The summed E-state index contributed by atoms with van der Waals surface area (Å²) in [6.07, 6.45) is -3.39. The Labute approximate surface area is 220 Å². The Morgan fingerprint density at radius 3 is 2.50 bits per heavy atom. The van der Waals surface area contributed by atoms with Gasteiger partial charge in [-0.1, -0.05) is 36.4 Å². The van der Waals surface area contributed by atoms with Crippen molar-refractivity contribution in [2.75, 3.05) is 11.7 Å². The number of rotatable bonds is 3. The maximum absolute atomic E-state index is 14.0. The molecule has 3 heterocycles. The van der Waals surface area contributed by atoms with E-state index in [1.165, 1.54) is 10.9 Å². The van der Waals surface area contributed by atoms with Crippen LogP contribution in [0.15, 0.2) is 64.4 Å². The zero-order valence-electron chi connectivity index (χ0n) is 20.8. The molecule has 1 amide bonds. The number of hydrogen-bond donors (Lipinski definition) is 0. The van der Waals surface area contributed by atoms with Gasteiger partial charge in [0.25, 0.3) is 5.91 Å². The van der Waals surface area contributed by atoms with Gasteiger partial charge < -0.3 is 9.64 Å². The number of ether oxygens (including phenoxy) is 1. The number of thioether (sulfide) groups is 1. The van der Waals surface area contributed by atoms with E-state index in [4.69, 9.17) is 4.74 Å². The number of carbonyl (C=O) groups is 2. The van der Waals surface area contributed by atoms with Crippen LogP contribution >= 0.6 is 11.8 Å². The topological polar surface area (TPSA) is 71.8 Å². The molecule has 0 radical (unpaired) electrons. The Bertz CT molecular complexity index is 1500. The number of aromatic nitrogens is 1. The summed E-state index contributed by atoms with van der Waals surface area (Å²) in [7, 11) is 0. The van der Waals surface area contributed by atoms with Crippen LogP contribution < -0.4 is 15.2 Å². The number of fused-ring (bicyclic) bond motifs is 3. The zero-order chi connectivity index (χ0) is 27.4. The van der Waals surface area contributed by atoms with E-state index in [-0.39, 0.29) is 0 Å². The van der Waals surface area contributed by atoms with Crippen LogP contribution in [0, 0.1) is 6.92 Å². The highest BCUT2D eigenvalue weighted by molar-refractivity contribution is 7.98. The van der Waals surface area contributed by atoms with Crippen molar-refractivity contribution >= 4 is 23.6 Å². The molecule has 0 fully saturated rings. The van der Waals surface area contributed by atoms with E-state index in [0.717, 1.165) is 47.1 Å². The Morgan fingerprint density at radius 2 is 1.79 bits per heavy atom. The number of esters is 1. The van der Waals surface area contributed by atoms with Crippen LogP contribution in [0.2, 0.25) is 0 Å². The summed E-state index contributed by atoms with van der Waals surface area (Å²) >= 11 is 1.63. The smallest absolute Gasteiger partial charge is 0.408 e. The fraction of sp³-hybridized carbons (Fsp3) is 0.296. The van der Waals surface area contributed by atoms with Gasteiger partial charge in [-0.05, 0) is 42.2 Å². The molecule has 0 spiro atoms. The van der Waals surface area contributed by atoms with Crippen molar-refractivity contribution < 1.29 is 27.5 Å². The molecule has 0 aliphatic carbocycles. The molecule has 0 bridgehead atoms. The standard InChI is InChI=1S/C27H24F3N3O4S/c1-15-7-6-9-18-20(15)13-38-22-10-5-4-8-19(22)23(18)33-14-31(16(2)27(28,29)30)26(36)24-25(37-17(3)34)21(35)11-12-32(24)33/h4-12,16,23H,13-14H2,1-3H3/t16-,23+/m1/s1. The molecular weight excluding hydrogens is 519 g/mol. The Morgan fingerprint density at radius 1 is 1.08 bits per heavy atom. The minimum atomic E-state index is -4.73. The third-order valence-corrected chi connectivity index (χ3v) is 8.00. The van der Waals surface area contributed by atoms with Crippen LogP contribution in [0.5, 0.6) is 5.75 Å². The van der Waals surface area contributed by atoms with Crippen LogP contribution in [0.1, 0.15) is 52.6 Å². The van der Waals surface area contributed by atoms with Gasteiger partial charge in [0.1, 0.15) is 12.7 Å². The molecule has 0 saturated carbocycles. The van der Waals surface area contributed by atoms with Crippen molar-refractivity contribution in [2.24, 2.45) is 0 Å². The lowest BCUT2D eigenvalue weighted by Gasteiger charge is -2.46. The Kier molecular flexibility index (Phi) is 6.50. The molecule has 0 N–H and O–H groups in total. The molecule has 3 aromatic rings. The normalized spacial score (nSPS) is 17.7. The van der Waals surface area contributed by atoms with Crippen molar-refractivity contribution in [3.63, 3.8) is 0 Å². The molecule has 198 valence electrons. The van der Waals surface area contributed by atoms with Gasteiger partial charge in [-0.3, -0.25) is 24.1 Å². The number of carbonyl (C=O) groups excluding carboxylic acids is 2. The first kappa shape index (κ1) is 25.9. The summed E-state index contributed by atoms with van der Waals surface area (Å²) in [5.74, 6) is -1.87. The average Bonchev–Trinajstić information content (AvgIpc) is 3.02. The van der Waals surface area contributed by atoms with E-state index in [1.807, 2.05) is 49.4 Å². The SMILES string of the molecule is CC(=O)Oc1c2n(ccc1=O)N([C@@H]1c3ccccc3SCc3c(C)cccc31)CN([C@H](C)C(F)(F)F)C2=O. The maximum atomic E-state index is 14.0. The molecule has 2 atom stereocenters. The number of aryl methyl sites for hydroxylation is 1. The van der Waals surface area contributed by atoms with E-state index in [2.05, 4.69) is 0 Å². The average molecular weight is 544 g/mol. The van der Waals surface area contributed by atoms with E-state index >= 15 is 0 Å². The Hall–Kier alpha value is -3.73. The van der Waals surface area contributed by atoms with Gasteiger partial charge in [-0.2, -0.15) is 13.2 Å². The van der Waals surface area contributed by atoms with Crippen molar-refractivity contribution in [3.05, 3.63) is 92.9 Å². The molecule has 7 nitrogen and oxygen atoms in total. The second-order valence-electron chi connectivity index (χ2n) is 9.24. The second-order valence-corrected chi connectivity index (χ2v) is 10.3. The fourth-order valence-electron chi connectivity index (χ4n) is 4.92. The highest BCUT2D eigenvalue weighted by Crippen LogP contribution is 2.44. The van der Waals surface area contributed by atoms with Crippen LogP contribution in [0.4, 0.5) is 13.2 Å². The van der Waals surface area contributed by atoms with Gasteiger partial charge >= 0.3 is 12.1 Å². The molecule has 0 unspecified atom stereocenters. The van der Waals surface area contributed by atoms with Crippen LogP contribution in [-0.4, -0.2) is 40.3 Å². The lowest BCUT2D eigenvalue weighted by atomic mass is 9.92. The van der Waals surface area contributed by atoms with Crippen LogP contribution in [-0.2, 0) is 10.5 Å². The van der Waals surface area contributed by atoms with E-state index in [1.54, 1.807) is 16.8 Å². The molecule has 1 aromatic heterocycles. The van der Waals surface area contributed by atoms with Crippen molar-refractivity contribution in [1.82, 2.24) is 9.58 Å². The first-order valence-corrected chi connectivity index (χ1v) is 12.9. The van der Waals surface area contributed by atoms with Crippen LogP contribution in [0.3, 0.4) is 0 Å². The Balaban J connectivity index is 1.81. The minimum absolute atomic E-state index is 0.425. The zero-order valence-corrected chi connectivity index (χ0v) is 21.6. The number of amides is 1. The van der Waals surface area contributed by atoms with Gasteiger partial charge in [0, 0.05) is 29.8 Å². The summed E-state index contributed by atoms with van der Waals surface area (Å²) < 4.78 is 48.4. The lowest BCUT2D eigenvalue weighted by Crippen LogP contribution is -2.60. The number of alkyl halides is 3. The molecule has 0 saturated heterocycles. The summed E-state index contributed by atoms with van der Waals surface area (Å²) in [5, 5.41) is 1.62.